The molecule has 0 saturated carbocycles. The Morgan fingerprint density at radius 1 is 1.53 bits per heavy atom. The molecule has 1 aromatic rings. The monoisotopic (exact) mass is 212 g/mol. The third-order valence-corrected chi connectivity index (χ3v) is 2.08. The highest BCUT2D eigenvalue weighted by Gasteiger charge is 2.24. The van der Waals surface area contributed by atoms with E-state index in [0.717, 1.165) is 0 Å². The Kier molecular flexibility index (Phi) is 3.68. The molecule has 0 aliphatic rings. The molecule has 0 amide bonds. The minimum Gasteiger partial charge on any atom is -0.390 e. The Labute approximate surface area is 85.9 Å². The topological polar surface area (TPSA) is 115 Å². The summed E-state index contributed by atoms with van der Waals surface area (Å²) in [4.78, 5) is 2.50. The van der Waals surface area contributed by atoms with Gasteiger partial charge in [-0.05, 0) is 19.4 Å². The molecule has 7 nitrogen and oxygen atoms in total. The van der Waals surface area contributed by atoms with Gasteiger partial charge < -0.3 is 14.7 Å². The van der Waals surface area contributed by atoms with Gasteiger partial charge in [0.1, 0.15) is 11.9 Å². The number of azide groups is 1. The molecule has 1 rings (SSSR count). The fourth-order valence-corrected chi connectivity index (χ4v) is 1.32. The van der Waals surface area contributed by atoms with Crippen LogP contribution < -0.4 is 0 Å². The summed E-state index contributed by atoms with van der Waals surface area (Å²) in [5, 5.41) is 26.1. The second-order valence-electron chi connectivity index (χ2n) is 3.16. The van der Waals surface area contributed by atoms with Crippen LogP contribution >= 0.6 is 0 Å². The third-order valence-electron chi connectivity index (χ3n) is 2.08. The lowest BCUT2D eigenvalue weighted by Gasteiger charge is -2.15. The largest absolute Gasteiger partial charge is 0.390 e. The Balaban J connectivity index is 2.83. The van der Waals surface area contributed by atoms with Gasteiger partial charge in [0, 0.05) is 10.5 Å². The van der Waals surface area contributed by atoms with Crippen LogP contribution in [-0.4, -0.2) is 28.0 Å². The molecular formula is C8H12N4O3. The van der Waals surface area contributed by atoms with Gasteiger partial charge in [-0.15, -0.1) is 0 Å². The summed E-state index contributed by atoms with van der Waals surface area (Å²) in [6.45, 7) is 3.11. The van der Waals surface area contributed by atoms with Crippen molar-refractivity contribution in [1.29, 1.82) is 0 Å². The van der Waals surface area contributed by atoms with Crippen LogP contribution in [0.4, 0.5) is 0 Å². The van der Waals surface area contributed by atoms with Crippen LogP contribution in [-0.2, 0) is 0 Å². The SMILES string of the molecule is Cc1noc(C)c1C(O)C(O)CN=[N+]=[N-]. The zero-order valence-electron chi connectivity index (χ0n) is 8.45. The van der Waals surface area contributed by atoms with Crippen LogP contribution in [0.15, 0.2) is 9.64 Å². The maximum atomic E-state index is 9.73. The van der Waals surface area contributed by atoms with E-state index in [9.17, 15) is 10.2 Å². The summed E-state index contributed by atoms with van der Waals surface area (Å²) in [6, 6.07) is 0. The number of aliphatic hydroxyl groups is 2. The van der Waals surface area contributed by atoms with E-state index in [-0.39, 0.29) is 6.54 Å². The standard InChI is InChI=1S/C8H12N4O3/c1-4-7(5(2)15-11-4)8(14)6(13)3-10-12-9/h6,8,13-14H,3H2,1-2H3. The molecule has 2 atom stereocenters. The van der Waals surface area contributed by atoms with Crippen molar-refractivity contribution < 1.29 is 14.7 Å². The van der Waals surface area contributed by atoms with E-state index >= 15 is 0 Å². The first kappa shape index (κ1) is 11.5. The molecular weight excluding hydrogens is 200 g/mol. The first-order chi connectivity index (χ1) is 7.07. The van der Waals surface area contributed by atoms with E-state index < -0.39 is 12.2 Å². The normalized spacial score (nSPS) is 14.4. The van der Waals surface area contributed by atoms with Crippen LogP contribution in [0.1, 0.15) is 23.1 Å². The molecule has 82 valence electrons. The summed E-state index contributed by atoms with van der Waals surface area (Å²) < 4.78 is 4.85. The second kappa shape index (κ2) is 4.79. The van der Waals surface area contributed by atoms with Crippen molar-refractivity contribution >= 4 is 0 Å². The van der Waals surface area contributed by atoms with Crippen LogP contribution in [0, 0.1) is 13.8 Å². The van der Waals surface area contributed by atoms with E-state index in [1.165, 1.54) is 0 Å². The maximum Gasteiger partial charge on any atom is 0.139 e. The summed E-state index contributed by atoms with van der Waals surface area (Å²) in [5.74, 6) is 0.444. The molecule has 0 radical (unpaired) electrons. The fraction of sp³-hybridized carbons (Fsp3) is 0.625. The molecule has 0 aliphatic heterocycles. The number of hydrogen-bond donors (Lipinski definition) is 2. The highest BCUT2D eigenvalue weighted by atomic mass is 16.5. The molecule has 1 heterocycles. The Hall–Kier alpha value is -1.56. The van der Waals surface area contributed by atoms with Gasteiger partial charge in [0.2, 0.25) is 0 Å². The van der Waals surface area contributed by atoms with Gasteiger partial charge in [0.25, 0.3) is 0 Å². The quantitative estimate of drug-likeness (QED) is 0.440. The van der Waals surface area contributed by atoms with Gasteiger partial charge >= 0.3 is 0 Å². The molecule has 1 aromatic heterocycles. The van der Waals surface area contributed by atoms with E-state index in [0.29, 0.717) is 17.0 Å². The molecule has 0 aromatic carbocycles. The summed E-state index contributed by atoms with van der Waals surface area (Å²) in [7, 11) is 0. The minimum atomic E-state index is -1.15. The first-order valence-electron chi connectivity index (χ1n) is 4.37. The van der Waals surface area contributed by atoms with Gasteiger partial charge in [-0.1, -0.05) is 10.3 Å². The van der Waals surface area contributed by atoms with Crippen LogP contribution in [0.2, 0.25) is 0 Å². The van der Waals surface area contributed by atoms with Crippen molar-refractivity contribution in [3.63, 3.8) is 0 Å². The smallest absolute Gasteiger partial charge is 0.139 e. The highest BCUT2D eigenvalue weighted by Crippen LogP contribution is 2.24. The average molecular weight is 212 g/mol. The number of hydrogen-bond acceptors (Lipinski definition) is 5. The van der Waals surface area contributed by atoms with E-state index in [1.807, 2.05) is 0 Å². The summed E-state index contributed by atoms with van der Waals surface area (Å²) >= 11 is 0. The average Bonchev–Trinajstić information content (AvgIpc) is 2.54. The molecule has 0 bridgehead atoms. The van der Waals surface area contributed by atoms with Gasteiger partial charge in [-0.3, -0.25) is 0 Å². The van der Waals surface area contributed by atoms with Crippen molar-refractivity contribution in [1.82, 2.24) is 5.16 Å². The van der Waals surface area contributed by atoms with Crippen molar-refractivity contribution in [3.05, 3.63) is 27.5 Å². The van der Waals surface area contributed by atoms with Crippen LogP contribution in [0.5, 0.6) is 0 Å². The third kappa shape index (κ3) is 2.47. The molecule has 15 heavy (non-hydrogen) atoms. The lowest BCUT2D eigenvalue weighted by Crippen LogP contribution is -2.22. The predicted molar refractivity (Wildman–Crippen MR) is 51.0 cm³/mol. The van der Waals surface area contributed by atoms with E-state index in [1.54, 1.807) is 13.8 Å². The van der Waals surface area contributed by atoms with E-state index in [4.69, 9.17) is 10.1 Å². The lowest BCUT2D eigenvalue weighted by molar-refractivity contribution is 0.0232. The zero-order valence-corrected chi connectivity index (χ0v) is 8.45. The molecule has 7 heteroatoms. The zero-order chi connectivity index (χ0) is 11.4. The number of aryl methyl sites for hydroxylation is 2. The first-order valence-corrected chi connectivity index (χ1v) is 4.37. The van der Waals surface area contributed by atoms with Crippen molar-refractivity contribution in [2.45, 2.75) is 26.1 Å². The summed E-state index contributed by atoms with van der Waals surface area (Å²) in [5.41, 5.74) is 9.03. The number of rotatable bonds is 4. The Morgan fingerprint density at radius 3 is 2.67 bits per heavy atom. The Bertz CT molecular complexity index is 364. The number of aliphatic hydroxyl groups excluding tert-OH is 2. The molecule has 0 fully saturated rings. The predicted octanol–water partition coefficient (Wildman–Crippen LogP) is 0.996. The molecule has 0 spiro atoms. The van der Waals surface area contributed by atoms with Gasteiger partial charge in [0.15, 0.2) is 0 Å². The fourth-order valence-electron chi connectivity index (χ4n) is 1.32. The number of aromatic nitrogens is 1. The molecule has 2 N–H and O–H groups in total. The second-order valence-corrected chi connectivity index (χ2v) is 3.16. The van der Waals surface area contributed by atoms with Crippen LogP contribution in [0.25, 0.3) is 10.4 Å². The van der Waals surface area contributed by atoms with Gasteiger partial charge in [0.05, 0.1) is 18.3 Å². The lowest BCUT2D eigenvalue weighted by atomic mass is 10.0. The van der Waals surface area contributed by atoms with E-state index in [2.05, 4.69) is 15.2 Å². The molecule has 2 unspecified atom stereocenters. The maximum absolute atomic E-state index is 9.73. The van der Waals surface area contributed by atoms with Crippen molar-refractivity contribution in [2.24, 2.45) is 5.11 Å². The molecule has 0 aliphatic carbocycles. The van der Waals surface area contributed by atoms with Gasteiger partial charge in [-0.2, -0.15) is 0 Å². The number of nitrogens with zero attached hydrogens (tertiary/aromatic N) is 4. The van der Waals surface area contributed by atoms with Crippen LogP contribution in [0.3, 0.4) is 0 Å². The Morgan fingerprint density at radius 2 is 2.20 bits per heavy atom. The van der Waals surface area contributed by atoms with Crippen molar-refractivity contribution in [2.75, 3.05) is 6.54 Å². The van der Waals surface area contributed by atoms with Crippen molar-refractivity contribution in [3.8, 4) is 0 Å². The molecule has 0 saturated heterocycles. The van der Waals surface area contributed by atoms with Gasteiger partial charge in [-0.25, -0.2) is 0 Å². The highest BCUT2D eigenvalue weighted by molar-refractivity contribution is 5.24. The summed E-state index contributed by atoms with van der Waals surface area (Å²) in [6.07, 6.45) is -2.31. The minimum absolute atomic E-state index is 0.193.